The van der Waals surface area contributed by atoms with Crippen molar-refractivity contribution in [3.63, 3.8) is 0 Å². The zero-order valence-corrected chi connectivity index (χ0v) is 21.5. The number of rotatable bonds is 11. The lowest BCUT2D eigenvalue weighted by Crippen LogP contribution is -2.52. The quantitative estimate of drug-likeness (QED) is 0.320. The van der Waals surface area contributed by atoms with E-state index in [-0.39, 0.29) is 30.9 Å². The Morgan fingerprint density at radius 1 is 1.17 bits per heavy atom. The van der Waals surface area contributed by atoms with Gasteiger partial charge in [-0.3, -0.25) is 19.2 Å². The second kappa shape index (κ2) is 13.3. The highest BCUT2D eigenvalue weighted by atomic mass is 16.6. The van der Waals surface area contributed by atoms with Crippen molar-refractivity contribution in [1.29, 1.82) is 0 Å². The van der Waals surface area contributed by atoms with E-state index in [0.717, 1.165) is 4.90 Å². The maximum absolute atomic E-state index is 13.4. The molecule has 0 saturated carbocycles. The van der Waals surface area contributed by atoms with E-state index in [1.165, 1.54) is 13.1 Å². The Balaban J connectivity index is 3.27. The first-order valence-electron chi connectivity index (χ1n) is 11.4. The summed E-state index contributed by atoms with van der Waals surface area (Å²) in [5.41, 5.74) is 4.97. The summed E-state index contributed by atoms with van der Waals surface area (Å²) >= 11 is 0. The number of carbonyl (C=O) groups is 5. The minimum absolute atomic E-state index is 0.0797. The predicted molar refractivity (Wildman–Crippen MR) is 130 cm³/mol. The van der Waals surface area contributed by atoms with E-state index < -0.39 is 53.9 Å². The van der Waals surface area contributed by atoms with Gasteiger partial charge in [-0.2, -0.15) is 0 Å². The zero-order chi connectivity index (χ0) is 27.6. The van der Waals surface area contributed by atoms with Gasteiger partial charge in [0.2, 0.25) is 17.7 Å². The van der Waals surface area contributed by atoms with Crippen LogP contribution in [-0.2, 0) is 28.7 Å². The molecule has 0 aliphatic heterocycles. The van der Waals surface area contributed by atoms with Crippen LogP contribution in [0.3, 0.4) is 0 Å². The van der Waals surface area contributed by atoms with Crippen molar-refractivity contribution in [3.05, 3.63) is 29.3 Å². The number of nitrogens with zero attached hydrogens (tertiary/aromatic N) is 1. The Hall–Kier alpha value is -3.83. The molecule has 5 N–H and O–H groups in total. The average Bonchev–Trinajstić information content (AvgIpc) is 2.74. The number of primary amides is 1. The van der Waals surface area contributed by atoms with Gasteiger partial charge in [0.25, 0.3) is 0 Å². The maximum Gasteiger partial charge on any atom is 0.408 e. The number of aryl methyl sites for hydroxylation is 1. The number of likely N-dealkylation sites (N-methyl/N-ethyl adjacent to an activating group) is 1. The number of alkyl carbamates (subject to hydrolysis) is 1. The molecule has 2 atom stereocenters. The first kappa shape index (κ1) is 30.2. The van der Waals surface area contributed by atoms with Gasteiger partial charge in [-0.1, -0.05) is 18.2 Å². The number of phenols is 1. The van der Waals surface area contributed by atoms with Crippen molar-refractivity contribution in [3.8, 4) is 5.75 Å². The van der Waals surface area contributed by atoms with Gasteiger partial charge in [0, 0.05) is 19.2 Å². The first-order valence-corrected chi connectivity index (χ1v) is 11.4. The van der Waals surface area contributed by atoms with E-state index in [9.17, 15) is 29.1 Å². The fourth-order valence-corrected chi connectivity index (χ4v) is 3.27. The Kier molecular flexibility index (Phi) is 11.2. The van der Waals surface area contributed by atoms with Crippen molar-refractivity contribution in [2.75, 3.05) is 20.2 Å². The first-order chi connectivity index (χ1) is 16.7. The molecule has 12 heteroatoms. The Morgan fingerprint density at radius 3 is 2.36 bits per heavy atom. The number of hydrogen-bond acceptors (Lipinski definition) is 8. The van der Waals surface area contributed by atoms with Gasteiger partial charge in [0.1, 0.15) is 23.4 Å². The van der Waals surface area contributed by atoms with Crippen molar-refractivity contribution in [2.45, 2.75) is 65.1 Å². The summed E-state index contributed by atoms with van der Waals surface area (Å²) in [6.45, 7) is 8.26. The lowest BCUT2D eigenvalue weighted by molar-refractivity contribution is -0.144. The fourth-order valence-electron chi connectivity index (χ4n) is 3.27. The van der Waals surface area contributed by atoms with E-state index in [2.05, 4.69) is 10.6 Å². The molecule has 1 rings (SSSR count). The third-order valence-corrected chi connectivity index (χ3v) is 4.87. The van der Waals surface area contributed by atoms with Crippen LogP contribution in [0.1, 0.15) is 57.7 Å². The maximum atomic E-state index is 13.4. The number of esters is 1. The molecular formula is C24H36N4O8. The fraction of sp³-hybridized carbons (Fsp3) is 0.542. The number of hydrogen-bond donors (Lipinski definition) is 4. The number of carbonyl (C=O) groups excluding carboxylic acids is 5. The van der Waals surface area contributed by atoms with Gasteiger partial charge in [0.05, 0.1) is 19.4 Å². The molecule has 4 amide bonds. The van der Waals surface area contributed by atoms with Gasteiger partial charge in [0.15, 0.2) is 0 Å². The monoisotopic (exact) mass is 508 g/mol. The Labute approximate surface area is 210 Å². The summed E-state index contributed by atoms with van der Waals surface area (Å²) in [7, 11) is 1.28. The van der Waals surface area contributed by atoms with Crippen LogP contribution in [0, 0.1) is 6.92 Å². The van der Waals surface area contributed by atoms with E-state index in [1.807, 2.05) is 0 Å². The number of phenolic OH excluding ortho intramolecular Hbond substituents is 1. The summed E-state index contributed by atoms with van der Waals surface area (Å²) in [4.78, 5) is 63.1. The summed E-state index contributed by atoms with van der Waals surface area (Å²) in [6, 6.07) is 1.88. The third-order valence-electron chi connectivity index (χ3n) is 4.87. The second-order valence-corrected chi connectivity index (χ2v) is 9.08. The van der Waals surface area contributed by atoms with E-state index in [0.29, 0.717) is 5.56 Å². The smallest absolute Gasteiger partial charge is 0.408 e. The number of ether oxygens (including phenoxy) is 2. The van der Waals surface area contributed by atoms with E-state index in [1.54, 1.807) is 46.8 Å². The van der Waals surface area contributed by atoms with Crippen LogP contribution < -0.4 is 16.4 Å². The number of amides is 4. The molecule has 0 aliphatic carbocycles. The van der Waals surface area contributed by atoms with Crippen molar-refractivity contribution in [2.24, 2.45) is 5.73 Å². The van der Waals surface area contributed by atoms with Gasteiger partial charge in [-0.15, -0.1) is 0 Å². The van der Waals surface area contributed by atoms with Crippen LogP contribution >= 0.6 is 0 Å². The van der Waals surface area contributed by atoms with Gasteiger partial charge >= 0.3 is 12.1 Å². The van der Waals surface area contributed by atoms with Crippen LogP contribution in [0.2, 0.25) is 0 Å². The number of benzene rings is 1. The van der Waals surface area contributed by atoms with E-state index >= 15 is 0 Å². The lowest BCUT2D eigenvalue weighted by atomic mass is 9.99. The summed E-state index contributed by atoms with van der Waals surface area (Å²) in [5, 5.41) is 15.5. The molecule has 1 aromatic rings. The summed E-state index contributed by atoms with van der Waals surface area (Å²) in [5.74, 6) is -3.13. The SMILES string of the molecule is CCOC(=O)CCNC(=O)C(c1cccc(C)c1O)N(C)C(=O)C(CC(N)=O)NC(=O)OC(C)(C)C. The molecule has 200 valence electrons. The molecule has 0 aliphatic rings. The predicted octanol–water partition coefficient (Wildman–Crippen LogP) is 1.04. The molecule has 12 nitrogen and oxygen atoms in total. The largest absolute Gasteiger partial charge is 0.507 e. The molecule has 0 saturated heterocycles. The lowest BCUT2D eigenvalue weighted by Gasteiger charge is -2.31. The average molecular weight is 509 g/mol. The normalized spacial score (nSPS) is 12.6. The summed E-state index contributed by atoms with van der Waals surface area (Å²) < 4.78 is 10.0. The highest BCUT2D eigenvalue weighted by Gasteiger charge is 2.36. The number of para-hydroxylation sites is 1. The molecule has 2 unspecified atom stereocenters. The number of nitrogens with two attached hydrogens (primary N) is 1. The third kappa shape index (κ3) is 9.43. The molecular weight excluding hydrogens is 472 g/mol. The van der Waals surface area contributed by atoms with Crippen LogP contribution in [0.15, 0.2) is 18.2 Å². The highest BCUT2D eigenvalue weighted by Crippen LogP contribution is 2.31. The van der Waals surface area contributed by atoms with Crippen LogP contribution in [0.4, 0.5) is 4.79 Å². The van der Waals surface area contributed by atoms with Crippen molar-refractivity contribution >= 4 is 29.8 Å². The molecule has 0 aromatic heterocycles. The molecule has 0 bridgehead atoms. The van der Waals surface area contributed by atoms with Crippen molar-refractivity contribution in [1.82, 2.24) is 15.5 Å². The second-order valence-electron chi connectivity index (χ2n) is 9.08. The molecule has 0 spiro atoms. The topological polar surface area (TPSA) is 177 Å². The minimum Gasteiger partial charge on any atom is -0.507 e. The Morgan fingerprint density at radius 2 is 1.81 bits per heavy atom. The number of nitrogens with one attached hydrogen (secondary N) is 2. The standard InChI is InChI=1S/C24H36N4O8/c1-7-35-18(30)11-12-26-21(32)19(15-10-8-9-14(2)20(15)31)28(6)22(33)16(13-17(25)29)27-23(34)36-24(3,4)5/h8-10,16,19,31H,7,11-13H2,1-6H3,(H2,25,29)(H,26,32)(H,27,34). The van der Waals surface area contributed by atoms with Gasteiger partial charge < -0.3 is 35.8 Å². The van der Waals surface area contributed by atoms with E-state index in [4.69, 9.17) is 15.2 Å². The minimum atomic E-state index is -1.44. The van der Waals surface area contributed by atoms with Crippen LogP contribution in [0.5, 0.6) is 5.75 Å². The Bertz CT molecular complexity index is 973. The van der Waals surface area contributed by atoms with Gasteiger partial charge in [-0.25, -0.2) is 4.79 Å². The van der Waals surface area contributed by atoms with Crippen LogP contribution in [-0.4, -0.2) is 71.6 Å². The van der Waals surface area contributed by atoms with Gasteiger partial charge in [-0.05, 0) is 40.2 Å². The molecule has 36 heavy (non-hydrogen) atoms. The highest BCUT2D eigenvalue weighted by molar-refractivity contribution is 5.94. The molecule has 1 aromatic carbocycles. The summed E-state index contributed by atoms with van der Waals surface area (Å²) in [6.07, 6.45) is -1.61. The number of aromatic hydroxyl groups is 1. The zero-order valence-electron chi connectivity index (χ0n) is 21.5. The molecule has 0 heterocycles. The molecule has 0 radical (unpaired) electrons. The van der Waals surface area contributed by atoms with Crippen molar-refractivity contribution < 1.29 is 38.6 Å². The van der Waals surface area contributed by atoms with Crippen LogP contribution in [0.25, 0.3) is 0 Å². The molecule has 0 fully saturated rings.